The number of sulfone groups is 1. The van der Waals surface area contributed by atoms with E-state index in [0.29, 0.717) is 5.56 Å². The van der Waals surface area contributed by atoms with E-state index in [1.54, 1.807) is 12.1 Å². The topological polar surface area (TPSA) is 114 Å². The molecule has 1 amide bonds. The van der Waals surface area contributed by atoms with E-state index in [-0.39, 0.29) is 29.2 Å². The van der Waals surface area contributed by atoms with Gasteiger partial charge in [-0.3, -0.25) is 9.36 Å². The van der Waals surface area contributed by atoms with Crippen molar-refractivity contribution in [2.75, 3.05) is 6.26 Å². The van der Waals surface area contributed by atoms with Crippen LogP contribution in [0.1, 0.15) is 13.8 Å². The Morgan fingerprint density at radius 3 is 2.70 bits per heavy atom. The summed E-state index contributed by atoms with van der Waals surface area (Å²) in [5, 5.41) is 8.86. The first-order valence-corrected chi connectivity index (χ1v) is 8.82. The predicted octanol–water partition coefficient (Wildman–Crippen LogP) is 0.166. The fraction of sp³-hybridized carbons (Fsp3) is 0.357. The van der Waals surface area contributed by atoms with Gasteiger partial charge in [-0.1, -0.05) is 12.1 Å². The Labute approximate surface area is 133 Å². The Balaban J connectivity index is 2.42. The van der Waals surface area contributed by atoms with Crippen LogP contribution < -0.4 is 11.0 Å². The fourth-order valence-corrected chi connectivity index (χ4v) is 2.73. The van der Waals surface area contributed by atoms with E-state index < -0.39 is 15.5 Å². The highest BCUT2D eigenvalue weighted by molar-refractivity contribution is 7.90. The molecule has 0 fully saturated rings. The number of aromatic amines is 1. The lowest BCUT2D eigenvalue weighted by molar-refractivity contribution is -0.122. The first kappa shape index (κ1) is 16.9. The monoisotopic (exact) mass is 338 g/mol. The smallest absolute Gasteiger partial charge is 0.344 e. The Morgan fingerprint density at radius 2 is 2.09 bits per heavy atom. The molecule has 0 aliphatic rings. The average molecular weight is 338 g/mol. The number of rotatable bonds is 5. The number of H-pyrrole nitrogens is 1. The second kappa shape index (κ2) is 6.37. The lowest BCUT2D eigenvalue weighted by Crippen LogP contribution is -2.35. The molecule has 2 aromatic rings. The van der Waals surface area contributed by atoms with Gasteiger partial charge in [0.2, 0.25) is 5.91 Å². The van der Waals surface area contributed by atoms with E-state index in [0.717, 1.165) is 6.26 Å². The maximum Gasteiger partial charge on any atom is 0.344 e. The van der Waals surface area contributed by atoms with Crippen LogP contribution in [0.4, 0.5) is 0 Å². The maximum absolute atomic E-state index is 11.9. The van der Waals surface area contributed by atoms with Gasteiger partial charge in [-0.2, -0.15) is 5.10 Å². The highest BCUT2D eigenvalue weighted by atomic mass is 32.2. The summed E-state index contributed by atoms with van der Waals surface area (Å²) in [6, 6.07) is 6.01. The van der Waals surface area contributed by atoms with Crippen LogP contribution in [0.5, 0.6) is 0 Å². The molecule has 0 spiro atoms. The van der Waals surface area contributed by atoms with E-state index >= 15 is 0 Å². The SMILES string of the molecule is CC(C)NC(=O)Cn1c(-c2cccc(S(C)(=O)=O)c2)n[nH]c1=O. The zero-order chi connectivity index (χ0) is 17.2. The lowest BCUT2D eigenvalue weighted by Gasteiger charge is -2.10. The van der Waals surface area contributed by atoms with Gasteiger partial charge in [0.05, 0.1) is 4.90 Å². The van der Waals surface area contributed by atoms with Crippen LogP contribution in [-0.2, 0) is 21.2 Å². The minimum Gasteiger partial charge on any atom is -0.352 e. The molecule has 23 heavy (non-hydrogen) atoms. The minimum absolute atomic E-state index is 0.0536. The predicted molar refractivity (Wildman–Crippen MR) is 84.7 cm³/mol. The third-order valence-corrected chi connectivity index (χ3v) is 4.14. The van der Waals surface area contributed by atoms with Crippen molar-refractivity contribution in [3.05, 3.63) is 34.7 Å². The van der Waals surface area contributed by atoms with Gasteiger partial charge in [-0.25, -0.2) is 18.3 Å². The van der Waals surface area contributed by atoms with Crippen molar-refractivity contribution < 1.29 is 13.2 Å². The van der Waals surface area contributed by atoms with Gasteiger partial charge in [0.15, 0.2) is 15.7 Å². The first-order valence-electron chi connectivity index (χ1n) is 6.93. The summed E-state index contributed by atoms with van der Waals surface area (Å²) in [5.41, 5.74) is -0.104. The highest BCUT2D eigenvalue weighted by Gasteiger charge is 2.16. The Bertz CT molecular complexity index is 880. The number of carbonyl (C=O) groups is 1. The molecule has 0 bridgehead atoms. The Morgan fingerprint density at radius 1 is 1.39 bits per heavy atom. The largest absolute Gasteiger partial charge is 0.352 e. The van der Waals surface area contributed by atoms with Crippen molar-refractivity contribution >= 4 is 15.7 Å². The van der Waals surface area contributed by atoms with Gasteiger partial charge in [0.25, 0.3) is 0 Å². The summed E-state index contributed by atoms with van der Waals surface area (Å²) in [6.07, 6.45) is 1.10. The number of nitrogens with one attached hydrogen (secondary N) is 2. The number of hydrogen-bond donors (Lipinski definition) is 2. The van der Waals surface area contributed by atoms with Crippen molar-refractivity contribution in [1.82, 2.24) is 20.1 Å². The molecule has 8 nitrogen and oxygen atoms in total. The van der Waals surface area contributed by atoms with Gasteiger partial charge in [0, 0.05) is 17.9 Å². The van der Waals surface area contributed by atoms with Crippen LogP contribution in [0.15, 0.2) is 34.0 Å². The number of nitrogens with zero attached hydrogens (tertiary/aromatic N) is 2. The molecule has 0 radical (unpaired) electrons. The molecular formula is C14H18N4O4S. The molecule has 2 N–H and O–H groups in total. The van der Waals surface area contributed by atoms with Gasteiger partial charge in [-0.05, 0) is 26.0 Å². The summed E-state index contributed by atoms with van der Waals surface area (Å²) in [5.74, 6) is -0.122. The van der Waals surface area contributed by atoms with E-state index in [1.165, 1.54) is 16.7 Å². The summed E-state index contributed by atoms with van der Waals surface area (Å²) in [4.78, 5) is 23.9. The summed E-state index contributed by atoms with van der Waals surface area (Å²) >= 11 is 0. The van der Waals surface area contributed by atoms with E-state index in [4.69, 9.17) is 0 Å². The van der Waals surface area contributed by atoms with Crippen LogP contribution in [-0.4, -0.2) is 41.4 Å². The van der Waals surface area contributed by atoms with E-state index in [1.807, 2.05) is 13.8 Å². The van der Waals surface area contributed by atoms with Crippen LogP contribution in [0.2, 0.25) is 0 Å². The Hall–Kier alpha value is -2.42. The third-order valence-electron chi connectivity index (χ3n) is 3.03. The van der Waals surface area contributed by atoms with Crippen LogP contribution in [0.3, 0.4) is 0 Å². The molecule has 1 aromatic heterocycles. The van der Waals surface area contributed by atoms with Crippen LogP contribution >= 0.6 is 0 Å². The molecular weight excluding hydrogens is 320 g/mol. The maximum atomic E-state index is 11.9. The quantitative estimate of drug-likeness (QED) is 0.806. The molecule has 1 heterocycles. The molecule has 0 unspecified atom stereocenters. The van der Waals surface area contributed by atoms with Gasteiger partial charge in [0.1, 0.15) is 6.54 Å². The third kappa shape index (κ3) is 4.07. The Kier molecular flexibility index (Phi) is 4.69. The van der Waals surface area contributed by atoms with Crippen molar-refractivity contribution in [2.45, 2.75) is 31.3 Å². The van der Waals surface area contributed by atoms with Gasteiger partial charge < -0.3 is 5.32 Å². The zero-order valence-corrected chi connectivity index (χ0v) is 13.8. The van der Waals surface area contributed by atoms with E-state index in [9.17, 15) is 18.0 Å². The van der Waals surface area contributed by atoms with Crippen molar-refractivity contribution in [1.29, 1.82) is 0 Å². The average Bonchev–Trinajstić information content (AvgIpc) is 2.78. The molecule has 0 saturated carbocycles. The molecule has 0 aliphatic carbocycles. The minimum atomic E-state index is -3.38. The summed E-state index contributed by atoms with van der Waals surface area (Å²) in [6.45, 7) is 3.42. The van der Waals surface area contributed by atoms with Gasteiger partial charge >= 0.3 is 5.69 Å². The molecule has 2 rings (SSSR count). The normalized spacial score (nSPS) is 11.7. The highest BCUT2D eigenvalue weighted by Crippen LogP contribution is 2.19. The summed E-state index contributed by atoms with van der Waals surface area (Å²) in [7, 11) is -3.38. The molecule has 124 valence electrons. The molecule has 1 aromatic carbocycles. The number of hydrogen-bond acceptors (Lipinski definition) is 5. The molecule has 0 aliphatic heterocycles. The molecule has 9 heteroatoms. The molecule has 0 atom stereocenters. The molecule has 0 saturated heterocycles. The van der Waals surface area contributed by atoms with E-state index in [2.05, 4.69) is 15.5 Å². The zero-order valence-electron chi connectivity index (χ0n) is 13.0. The summed E-state index contributed by atoms with van der Waals surface area (Å²) < 4.78 is 24.5. The van der Waals surface area contributed by atoms with Gasteiger partial charge in [-0.15, -0.1) is 0 Å². The van der Waals surface area contributed by atoms with Crippen LogP contribution in [0.25, 0.3) is 11.4 Å². The number of aromatic nitrogens is 3. The first-order chi connectivity index (χ1) is 10.7. The second-order valence-electron chi connectivity index (χ2n) is 5.46. The fourth-order valence-electron chi connectivity index (χ4n) is 2.06. The standard InChI is InChI=1S/C14H18N4O4S/c1-9(2)15-12(19)8-18-13(16-17-14(18)20)10-5-4-6-11(7-10)23(3,21)22/h4-7,9H,8H2,1-3H3,(H,15,19)(H,17,20). The second-order valence-corrected chi connectivity index (χ2v) is 7.48. The lowest BCUT2D eigenvalue weighted by atomic mass is 10.2. The van der Waals surface area contributed by atoms with Crippen molar-refractivity contribution in [3.8, 4) is 11.4 Å². The van der Waals surface area contributed by atoms with Crippen molar-refractivity contribution in [3.63, 3.8) is 0 Å². The van der Waals surface area contributed by atoms with Crippen LogP contribution in [0, 0.1) is 0 Å². The number of amides is 1. The number of carbonyl (C=O) groups excluding carboxylic acids is 1. The number of benzene rings is 1. The van der Waals surface area contributed by atoms with Crippen molar-refractivity contribution in [2.24, 2.45) is 0 Å².